The number of aryl methyl sites for hydroxylation is 1. The smallest absolute Gasteiger partial charge is 0.475 e. The third-order valence-electron chi connectivity index (χ3n) is 4.96. The highest BCUT2D eigenvalue weighted by Gasteiger charge is 2.38. The predicted molar refractivity (Wildman–Crippen MR) is 96.1 cm³/mol. The van der Waals surface area contributed by atoms with Crippen molar-refractivity contribution in [1.82, 2.24) is 24.6 Å². The first-order chi connectivity index (χ1) is 13.8. The fourth-order valence-corrected chi connectivity index (χ4v) is 3.51. The van der Waals surface area contributed by atoms with Gasteiger partial charge in [-0.1, -0.05) is 0 Å². The molecule has 0 spiro atoms. The van der Waals surface area contributed by atoms with E-state index in [1.807, 2.05) is 24.1 Å². The fourth-order valence-electron chi connectivity index (χ4n) is 3.51. The van der Waals surface area contributed by atoms with Gasteiger partial charge in [0.05, 0.1) is 18.5 Å². The van der Waals surface area contributed by atoms with Gasteiger partial charge in [-0.2, -0.15) is 18.3 Å². The van der Waals surface area contributed by atoms with E-state index >= 15 is 0 Å². The van der Waals surface area contributed by atoms with Crippen molar-refractivity contribution >= 4 is 5.97 Å². The van der Waals surface area contributed by atoms with Crippen LogP contribution < -0.4 is 0 Å². The Balaban J connectivity index is 0.000000298. The Kier molecular flexibility index (Phi) is 6.48. The van der Waals surface area contributed by atoms with Crippen molar-refractivity contribution in [2.24, 2.45) is 7.05 Å². The van der Waals surface area contributed by atoms with Crippen molar-refractivity contribution in [3.8, 4) is 11.3 Å². The summed E-state index contributed by atoms with van der Waals surface area (Å²) >= 11 is 0. The Labute approximate surface area is 165 Å². The third kappa shape index (κ3) is 5.30. The quantitative estimate of drug-likeness (QED) is 0.801. The Morgan fingerprint density at radius 1 is 1.28 bits per heavy atom. The summed E-state index contributed by atoms with van der Waals surface area (Å²) in [7, 11) is 1.94. The first-order valence-electron chi connectivity index (χ1n) is 9.19. The first kappa shape index (κ1) is 21.2. The number of rotatable bonds is 2. The van der Waals surface area contributed by atoms with E-state index in [1.165, 1.54) is 11.3 Å². The summed E-state index contributed by atoms with van der Waals surface area (Å²) in [5, 5.41) is 11.4. The molecule has 1 fully saturated rings. The van der Waals surface area contributed by atoms with E-state index in [2.05, 4.69) is 20.0 Å². The molecule has 8 nitrogen and oxygen atoms in total. The maximum atomic E-state index is 10.6. The van der Waals surface area contributed by atoms with Crippen LogP contribution in [-0.2, 0) is 29.4 Å². The number of fused-ring (bicyclic) bond motifs is 1. The molecule has 0 radical (unpaired) electrons. The van der Waals surface area contributed by atoms with E-state index in [4.69, 9.17) is 14.6 Å². The molecule has 158 valence electrons. The van der Waals surface area contributed by atoms with Crippen molar-refractivity contribution in [2.75, 3.05) is 26.3 Å². The highest BCUT2D eigenvalue weighted by molar-refractivity contribution is 5.73. The number of ether oxygens (including phenoxy) is 1. The lowest BCUT2D eigenvalue weighted by Gasteiger charge is -2.25. The monoisotopic (exact) mass is 413 g/mol. The lowest BCUT2D eigenvalue weighted by Crippen LogP contribution is -2.37. The molecule has 0 bridgehead atoms. The third-order valence-corrected chi connectivity index (χ3v) is 4.96. The minimum absolute atomic E-state index is 0.573. The van der Waals surface area contributed by atoms with Gasteiger partial charge in [0.1, 0.15) is 6.33 Å². The number of hydrogen-bond donors (Lipinski definition) is 1. The minimum atomic E-state index is -5.08. The van der Waals surface area contributed by atoms with Crippen LogP contribution in [0.4, 0.5) is 13.2 Å². The molecule has 4 heterocycles. The number of carboxylic acids is 1. The standard InChI is InChI=1S/C16H21N5O.C2HF3O2/c1-20-9-12(8-19-20)16-14-2-5-21(13-4-7-22-10-13)6-3-15(14)17-11-18-16;3-2(4,5)1(6)7/h8-9,11,13H,2-7,10H2,1H3;(H,6,7). The van der Waals surface area contributed by atoms with E-state index < -0.39 is 12.1 Å². The molecule has 29 heavy (non-hydrogen) atoms. The molecule has 0 aromatic carbocycles. The summed E-state index contributed by atoms with van der Waals surface area (Å²) in [6.07, 6.45) is 3.65. The van der Waals surface area contributed by atoms with Gasteiger partial charge in [0.2, 0.25) is 0 Å². The van der Waals surface area contributed by atoms with E-state index in [0.717, 1.165) is 56.8 Å². The van der Waals surface area contributed by atoms with Crippen LogP contribution in [0.15, 0.2) is 18.7 Å². The summed E-state index contributed by atoms with van der Waals surface area (Å²) < 4.78 is 39.1. The molecule has 0 amide bonds. The summed E-state index contributed by atoms with van der Waals surface area (Å²) in [5.74, 6) is -2.76. The molecule has 4 rings (SSSR count). The topological polar surface area (TPSA) is 93.4 Å². The van der Waals surface area contributed by atoms with Crippen molar-refractivity contribution in [3.05, 3.63) is 30.0 Å². The second-order valence-corrected chi connectivity index (χ2v) is 6.91. The van der Waals surface area contributed by atoms with Crippen molar-refractivity contribution in [3.63, 3.8) is 0 Å². The first-order valence-corrected chi connectivity index (χ1v) is 9.19. The van der Waals surface area contributed by atoms with E-state index in [-0.39, 0.29) is 0 Å². The van der Waals surface area contributed by atoms with Crippen LogP contribution in [0.3, 0.4) is 0 Å². The lowest BCUT2D eigenvalue weighted by atomic mass is 10.0. The Hall–Kier alpha value is -2.53. The molecule has 0 aliphatic carbocycles. The van der Waals surface area contributed by atoms with Crippen LogP contribution in [-0.4, -0.2) is 74.2 Å². The average Bonchev–Trinajstić information content (AvgIpc) is 3.29. The van der Waals surface area contributed by atoms with Gasteiger partial charge < -0.3 is 9.84 Å². The van der Waals surface area contributed by atoms with Crippen LogP contribution in [0.25, 0.3) is 11.3 Å². The molecular weight excluding hydrogens is 391 g/mol. The Morgan fingerprint density at radius 2 is 2.00 bits per heavy atom. The number of aliphatic carboxylic acids is 1. The number of carboxylic acid groups (broad SMARTS) is 1. The summed E-state index contributed by atoms with van der Waals surface area (Å²) in [5.41, 5.74) is 4.61. The maximum Gasteiger partial charge on any atom is 0.490 e. The number of hydrogen-bond acceptors (Lipinski definition) is 6. The zero-order chi connectivity index (χ0) is 21.0. The predicted octanol–water partition coefficient (Wildman–Crippen LogP) is 1.70. The van der Waals surface area contributed by atoms with E-state index in [0.29, 0.717) is 6.04 Å². The summed E-state index contributed by atoms with van der Waals surface area (Å²) in [6, 6.07) is 0.573. The fraction of sp³-hybridized carbons (Fsp3) is 0.556. The molecule has 1 atom stereocenters. The second-order valence-electron chi connectivity index (χ2n) is 6.91. The number of carbonyl (C=O) groups is 1. The molecule has 11 heteroatoms. The van der Waals surface area contributed by atoms with Gasteiger partial charge in [0.15, 0.2) is 0 Å². The van der Waals surface area contributed by atoms with Gasteiger partial charge in [-0.15, -0.1) is 0 Å². The number of halogens is 3. The summed E-state index contributed by atoms with van der Waals surface area (Å²) in [6.45, 7) is 3.89. The Morgan fingerprint density at radius 3 is 2.59 bits per heavy atom. The molecule has 1 unspecified atom stereocenters. The van der Waals surface area contributed by atoms with Crippen LogP contribution >= 0.6 is 0 Å². The van der Waals surface area contributed by atoms with Crippen molar-refractivity contribution in [2.45, 2.75) is 31.5 Å². The van der Waals surface area contributed by atoms with Crippen LogP contribution in [0.1, 0.15) is 17.7 Å². The molecular formula is C18H22F3N5O3. The van der Waals surface area contributed by atoms with Gasteiger partial charge in [-0.3, -0.25) is 9.58 Å². The molecule has 2 aromatic heterocycles. The largest absolute Gasteiger partial charge is 0.490 e. The molecule has 2 aromatic rings. The zero-order valence-corrected chi connectivity index (χ0v) is 15.9. The van der Waals surface area contributed by atoms with Crippen LogP contribution in [0, 0.1) is 0 Å². The number of alkyl halides is 3. The molecule has 2 aliphatic heterocycles. The summed E-state index contributed by atoms with van der Waals surface area (Å²) in [4.78, 5) is 20.5. The van der Waals surface area contributed by atoms with Gasteiger partial charge >= 0.3 is 12.1 Å². The zero-order valence-electron chi connectivity index (χ0n) is 15.9. The van der Waals surface area contributed by atoms with Gasteiger partial charge in [0.25, 0.3) is 0 Å². The molecule has 1 N–H and O–H groups in total. The van der Waals surface area contributed by atoms with E-state index in [9.17, 15) is 13.2 Å². The number of nitrogens with zero attached hydrogens (tertiary/aromatic N) is 5. The SMILES string of the molecule is Cn1cc(-c2ncnc3c2CCN(C2CCOC2)CC3)cn1.O=C(O)C(F)(F)F. The van der Waals surface area contributed by atoms with Crippen molar-refractivity contribution < 1.29 is 27.8 Å². The van der Waals surface area contributed by atoms with E-state index in [1.54, 1.807) is 6.33 Å². The second kappa shape index (κ2) is 8.87. The van der Waals surface area contributed by atoms with Gasteiger partial charge in [0, 0.05) is 62.2 Å². The molecule has 0 saturated carbocycles. The normalized spacial score (nSPS) is 19.8. The highest BCUT2D eigenvalue weighted by Crippen LogP contribution is 2.26. The van der Waals surface area contributed by atoms with Crippen molar-refractivity contribution in [1.29, 1.82) is 0 Å². The van der Waals surface area contributed by atoms with Crippen LogP contribution in [0.2, 0.25) is 0 Å². The van der Waals surface area contributed by atoms with Crippen LogP contribution in [0.5, 0.6) is 0 Å². The van der Waals surface area contributed by atoms with Gasteiger partial charge in [-0.25, -0.2) is 14.8 Å². The highest BCUT2D eigenvalue weighted by atomic mass is 19.4. The average molecular weight is 413 g/mol. The van der Waals surface area contributed by atoms with Gasteiger partial charge in [-0.05, 0) is 12.8 Å². The Bertz CT molecular complexity index is 850. The molecule has 1 saturated heterocycles. The number of aromatic nitrogens is 4. The lowest BCUT2D eigenvalue weighted by molar-refractivity contribution is -0.192. The molecule has 2 aliphatic rings. The maximum absolute atomic E-state index is 10.6. The minimum Gasteiger partial charge on any atom is -0.475 e.